The SMILES string of the molecule is Cc1ccc2c(oc3nc4c(cc32)-c2ccccc2C4(CC(C)(C)C)CC(C)(C)C)c1-c1cc(C(C)C)cc[n+]1C. The van der Waals surface area contributed by atoms with E-state index in [0.717, 1.165) is 40.5 Å². The van der Waals surface area contributed by atoms with Crippen molar-refractivity contribution in [3.8, 4) is 22.4 Å². The minimum absolute atomic E-state index is 0.130. The van der Waals surface area contributed by atoms with Gasteiger partial charge in [-0.2, -0.15) is 0 Å². The Labute approximate surface area is 245 Å². The van der Waals surface area contributed by atoms with Gasteiger partial charge in [0.1, 0.15) is 7.05 Å². The van der Waals surface area contributed by atoms with Gasteiger partial charge in [-0.1, -0.05) is 91.8 Å². The lowest BCUT2D eigenvalue weighted by molar-refractivity contribution is -0.660. The molecule has 0 bridgehead atoms. The van der Waals surface area contributed by atoms with Crippen LogP contribution < -0.4 is 4.57 Å². The number of aromatic nitrogens is 2. The second-order valence-electron chi connectivity index (χ2n) is 15.2. The summed E-state index contributed by atoms with van der Waals surface area (Å²) in [4.78, 5) is 5.49. The monoisotopic (exact) mass is 545 g/mol. The van der Waals surface area contributed by atoms with Crippen LogP contribution in [-0.2, 0) is 12.5 Å². The number of nitrogens with zero attached hydrogens (tertiary/aromatic N) is 2. The number of benzene rings is 2. The first-order valence-corrected chi connectivity index (χ1v) is 15.2. The molecular formula is C38H45N2O+. The molecule has 3 heterocycles. The summed E-state index contributed by atoms with van der Waals surface area (Å²) in [6.07, 6.45) is 4.23. The summed E-state index contributed by atoms with van der Waals surface area (Å²) < 4.78 is 9.04. The zero-order valence-electron chi connectivity index (χ0n) is 26.6. The van der Waals surface area contributed by atoms with E-state index in [1.807, 2.05) is 0 Å². The van der Waals surface area contributed by atoms with Crippen LogP contribution in [0.3, 0.4) is 0 Å². The first-order chi connectivity index (χ1) is 19.2. The smallest absolute Gasteiger partial charge is 0.227 e. The second-order valence-corrected chi connectivity index (χ2v) is 15.2. The van der Waals surface area contributed by atoms with Gasteiger partial charge in [0.25, 0.3) is 0 Å². The number of pyridine rings is 2. The summed E-state index contributed by atoms with van der Waals surface area (Å²) in [7, 11) is 2.12. The lowest BCUT2D eigenvalue weighted by atomic mass is 9.63. The van der Waals surface area contributed by atoms with Gasteiger partial charge in [-0.15, -0.1) is 0 Å². The fourth-order valence-electron chi connectivity index (χ4n) is 7.44. The van der Waals surface area contributed by atoms with Gasteiger partial charge in [-0.05, 0) is 64.8 Å². The second kappa shape index (κ2) is 9.28. The van der Waals surface area contributed by atoms with Crippen LogP contribution in [0.1, 0.15) is 96.5 Å². The van der Waals surface area contributed by atoms with Crippen molar-refractivity contribution in [1.29, 1.82) is 0 Å². The molecule has 0 fully saturated rings. The molecule has 0 saturated carbocycles. The van der Waals surface area contributed by atoms with Crippen molar-refractivity contribution in [3.63, 3.8) is 0 Å². The minimum atomic E-state index is -0.174. The number of fused-ring (bicyclic) bond motifs is 6. The molecule has 0 N–H and O–H groups in total. The molecular weight excluding hydrogens is 500 g/mol. The molecule has 0 saturated heterocycles. The van der Waals surface area contributed by atoms with Crippen molar-refractivity contribution in [2.24, 2.45) is 17.9 Å². The molecule has 1 aliphatic rings. The zero-order valence-corrected chi connectivity index (χ0v) is 26.6. The van der Waals surface area contributed by atoms with E-state index in [1.165, 1.54) is 39.2 Å². The van der Waals surface area contributed by atoms with Gasteiger partial charge in [0.15, 0.2) is 11.8 Å². The van der Waals surface area contributed by atoms with Gasteiger partial charge in [0.2, 0.25) is 11.4 Å². The molecule has 0 spiro atoms. The van der Waals surface area contributed by atoms with E-state index in [9.17, 15) is 0 Å². The number of furan rings is 1. The first-order valence-electron chi connectivity index (χ1n) is 15.2. The largest absolute Gasteiger partial charge is 0.437 e. The van der Waals surface area contributed by atoms with Crippen LogP contribution in [0.25, 0.3) is 44.5 Å². The van der Waals surface area contributed by atoms with Crippen LogP contribution in [0.2, 0.25) is 0 Å². The lowest BCUT2D eigenvalue weighted by Crippen LogP contribution is -2.35. The molecule has 0 radical (unpaired) electrons. The zero-order chi connectivity index (χ0) is 29.5. The van der Waals surface area contributed by atoms with Crippen LogP contribution in [0.15, 0.2) is 65.2 Å². The third-order valence-corrected chi connectivity index (χ3v) is 8.79. The van der Waals surface area contributed by atoms with E-state index < -0.39 is 0 Å². The Bertz CT molecular complexity index is 1790. The summed E-state index contributed by atoms with van der Waals surface area (Å²) in [5.41, 5.74) is 11.8. The highest BCUT2D eigenvalue weighted by atomic mass is 16.3. The fourth-order valence-corrected chi connectivity index (χ4v) is 7.44. The highest BCUT2D eigenvalue weighted by molar-refractivity contribution is 6.10. The third kappa shape index (κ3) is 4.58. The normalized spacial score (nSPS) is 14.7. The van der Waals surface area contributed by atoms with Crippen LogP contribution in [0.5, 0.6) is 0 Å². The predicted octanol–water partition coefficient (Wildman–Crippen LogP) is 10.0. The molecule has 41 heavy (non-hydrogen) atoms. The number of rotatable bonds is 4. The van der Waals surface area contributed by atoms with Crippen molar-refractivity contribution >= 4 is 22.1 Å². The Balaban J connectivity index is 1.67. The Morgan fingerprint density at radius 1 is 0.854 bits per heavy atom. The van der Waals surface area contributed by atoms with E-state index in [1.54, 1.807) is 0 Å². The molecule has 3 heteroatoms. The molecule has 0 amide bonds. The summed E-state index contributed by atoms with van der Waals surface area (Å²) in [6, 6.07) is 20.4. The molecule has 5 aromatic rings. The first kappa shape index (κ1) is 27.7. The van der Waals surface area contributed by atoms with E-state index in [-0.39, 0.29) is 16.2 Å². The van der Waals surface area contributed by atoms with Gasteiger partial charge in [-0.3, -0.25) is 0 Å². The number of aryl methyl sites for hydroxylation is 2. The van der Waals surface area contributed by atoms with E-state index in [2.05, 4.69) is 135 Å². The van der Waals surface area contributed by atoms with Crippen LogP contribution in [-0.4, -0.2) is 4.98 Å². The Morgan fingerprint density at radius 2 is 1.54 bits per heavy atom. The average Bonchev–Trinajstić information content (AvgIpc) is 3.34. The highest BCUT2D eigenvalue weighted by Gasteiger charge is 2.49. The fraction of sp³-hybridized carbons (Fsp3) is 0.421. The van der Waals surface area contributed by atoms with Crippen molar-refractivity contribution in [1.82, 2.24) is 4.98 Å². The predicted molar refractivity (Wildman–Crippen MR) is 171 cm³/mol. The highest BCUT2D eigenvalue weighted by Crippen LogP contribution is 2.58. The molecule has 0 aliphatic heterocycles. The maximum atomic E-state index is 6.83. The Morgan fingerprint density at radius 3 is 2.20 bits per heavy atom. The van der Waals surface area contributed by atoms with Crippen LogP contribution in [0, 0.1) is 17.8 Å². The summed E-state index contributed by atoms with van der Waals surface area (Å²) in [5, 5.41) is 2.23. The van der Waals surface area contributed by atoms with Crippen molar-refractivity contribution in [2.45, 2.75) is 86.5 Å². The van der Waals surface area contributed by atoms with Crippen LogP contribution >= 0.6 is 0 Å². The Hall–Kier alpha value is -3.46. The summed E-state index contributed by atoms with van der Waals surface area (Å²) in [6.45, 7) is 20.8. The molecule has 3 aromatic heterocycles. The number of hydrogen-bond donors (Lipinski definition) is 0. The van der Waals surface area contributed by atoms with E-state index in [0.29, 0.717) is 5.92 Å². The molecule has 3 nitrogen and oxygen atoms in total. The van der Waals surface area contributed by atoms with E-state index >= 15 is 0 Å². The quantitative estimate of drug-likeness (QED) is 0.210. The molecule has 2 aromatic carbocycles. The maximum absolute atomic E-state index is 6.83. The molecule has 0 unspecified atom stereocenters. The van der Waals surface area contributed by atoms with E-state index in [4.69, 9.17) is 9.40 Å². The van der Waals surface area contributed by atoms with Gasteiger partial charge in [0, 0.05) is 33.9 Å². The summed E-state index contributed by atoms with van der Waals surface area (Å²) >= 11 is 0. The van der Waals surface area contributed by atoms with Crippen molar-refractivity contribution in [2.75, 3.05) is 0 Å². The molecule has 0 atom stereocenters. The molecule has 1 aliphatic carbocycles. The van der Waals surface area contributed by atoms with Crippen molar-refractivity contribution in [3.05, 3.63) is 83.2 Å². The molecule has 6 rings (SSSR count). The van der Waals surface area contributed by atoms with Crippen molar-refractivity contribution < 1.29 is 8.98 Å². The average molecular weight is 546 g/mol. The Kier molecular flexibility index (Phi) is 6.27. The summed E-state index contributed by atoms with van der Waals surface area (Å²) in [5.74, 6) is 0.452. The standard InChI is InChI=1S/C38H45N2O/c1-23(2)25-17-18-40(10)31(19-25)32-24(3)15-16-27-29-20-28-26-13-11-12-14-30(26)38(21-36(4,5)6,22-37(7,8)9)34(28)39-35(29)41-33(27)32/h11-20,23H,21-22H2,1-10H3/q+1. The van der Waals surface area contributed by atoms with Gasteiger partial charge in [-0.25, -0.2) is 9.55 Å². The van der Waals surface area contributed by atoms with Gasteiger partial charge >= 0.3 is 0 Å². The molecule has 212 valence electrons. The van der Waals surface area contributed by atoms with Gasteiger partial charge in [0.05, 0.1) is 11.3 Å². The van der Waals surface area contributed by atoms with Crippen LogP contribution in [0.4, 0.5) is 0 Å². The topological polar surface area (TPSA) is 29.9 Å². The third-order valence-electron chi connectivity index (χ3n) is 8.79. The minimum Gasteiger partial charge on any atom is -0.437 e. The lowest BCUT2D eigenvalue weighted by Gasteiger charge is -2.41. The maximum Gasteiger partial charge on any atom is 0.227 e. The number of hydrogen-bond acceptors (Lipinski definition) is 2. The van der Waals surface area contributed by atoms with Gasteiger partial charge < -0.3 is 4.42 Å².